The van der Waals surface area contributed by atoms with E-state index in [1.165, 1.54) is 25.2 Å². The molecule has 10 rings (SSSR count). The van der Waals surface area contributed by atoms with Crippen LogP contribution in [-0.2, 0) is 44.1 Å². The molecule has 368 valence electrons. The summed E-state index contributed by atoms with van der Waals surface area (Å²) in [5.41, 5.74) is 13.8. The zero-order valence-electron chi connectivity index (χ0n) is 41.0. The number of H-pyrrole nitrogens is 2. The van der Waals surface area contributed by atoms with Crippen LogP contribution in [-0.4, -0.2) is 49.5 Å². The van der Waals surface area contributed by atoms with Crippen molar-refractivity contribution in [3.05, 3.63) is 172 Å². The number of aryl methyl sites for hydroxylation is 4. The molecule has 4 aromatic heterocycles. The molecule has 0 saturated carbocycles. The van der Waals surface area contributed by atoms with Crippen LogP contribution in [0.5, 0.6) is 11.5 Å². The summed E-state index contributed by atoms with van der Waals surface area (Å²) >= 11 is 0. The molecule has 4 heterocycles. The molecule has 0 radical (unpaired) electrons. The Morgan fingerprint density at radius 3 is 1.61 bits per heavy atom. The number of benzene rings is 4. The Morgan fingerprint density at radius 2 is 1.13 bits per heavy atom. The Labute approximate surface area is 413 Å². The van der Waals surface area contributed by atoms with Gasteiger partial charge in [-0.2, -0.15) is 0 Å². The highest BCUT2D eigenvalue weighted by Crippen LogP contribution is 2.41. The average molecular weight is 961 g/mol. The van der Waals surface area contributed by atoms with Crippen LogP contribution in [0.25, 0.3) is 27.4 Å². The first-order valence-corrected chi connectivity index (χ1v) is 24.4. The number of hydrogen-bond acceptors (Lipinski definition) is 9. The number of hydrogen-bond donors (Lipinski definition) is 7. The van der Waals surface area contributed by atoms with E-state index in [1.807, 2.05) is 61.8 Å². The fraction of sp³-hybridized carbons (Fsp3) is 0.310. The fourth-order valence-corrected chi connectivity index (χ4v) is 10.3. The zero-order chi connectivity index (χ0) is 50.0. The summed E-state index contributed by atoms with van der Waals surface area (Å²) in [6.07, 6.45) is 13.4. The molecular formula is C58H62F2N6O5. The van der Waals surface area contributed by atoms with Crippen molar-refractivity contribution in [3.8, 4) is 11.5 Å². The van der Waals surface area contributed by atoms with E-state index in [9.17, 15) is 15.3 Å². The maximum Gasteiger partial charge on any atom is 0.178 e. The van der Waals surface area contributed by atoms with Gasteiger partial charge < -0.3 is 45.4 Å². The summed E-state index contributed by atoms with van der Waals surface area (Å²) in [6.45, 7) is 9.64. The van der Waals surface area contributed by atoms with E-state index in [-0.39, 0.29) is 23.1 Å². The number of ether oxygens (including phenoxy) is 2. The number of anilines is 4. The van der Waals surface area contributed by atoms with Crippen LogP contribution < -0.4 is 20.1 Å². The van der Waals surface area contributed by atoms with Gasteiger partial charge in [0.25, 0.3) is 0 Å². The molecule has 7 N–H and O–H groups in total. The lowest BCUT2D eigenvalue weighted by atomic mass is 9.95. The van der Waals surface area contributed by atoms with Crippen molar-refractivity contribution in [2.75, 3.05) is 24.9 Å². The van der Waals surface area contributed by atoms with Crippen LogP contribution in [0.4, 0.5) is 31.5 Å². The molecule has 2 aliphatic carbocycles. The van der Waals surface area contributed by atoms with Crippen LogP contribution in [0.1, 0.15) is 115 Å². The minimum atomic E-state index is -0.937. The van der Waals surface area contributed by atoms with E-state index in [0.717, 1.165) is 99.7 Å². The summed E-state index contributed by atoms with van der Waals surface area (Å²) in [4.78, 5) is 15.3. The van der Waals surface area contributed by atoms with Gasteiger partial charge in [0.1, 0.15) is 0 Å². The number of pyridine rings is 2. The number of nitrogens with zero attached hydrogens (tertiary/aromatic N) is 2. The van der Waals surface area contributed by atoms with Crippen LogP contribution in [0.2, 0.25) is 0 Å². The topological polar surface area (TPSA) is 161 Å². The second-order valence-corrected chi connectivity index (χ2v) is 19.2. The molecule has 0 fully saturated rings. The van der Waals surface area contributed by atoms with Gasteiger partial charge in [-0.05, 0) is 148 Å². The van der Waals surface area contributed by atoms with E-state index >= 15 is 8.78 Å². The summed E-state index contributed by atoms with van der Waals surface area (Å²) in [5, 5.41) is 39.6. The third kappa shape index (κ3) is 9.99. The molecule has 0 saturated heterocycles. The Kier molecular flexibility index (Phi) is 14.3. The maximum absolute atomic E-state index is 15.4. The lowest BCUT2D eigenvalue weighted by Gasteiger charge is -2.18. The average Bonchev–Trinajstić information content (AvgIpc) is 4.16. The number of halogens is 2. The first-order valence-electron chi connectivity index (χ1n) is 24.4. The highest BCUT2D eigenvalue weighted by Gasteiger charge is 2.27. The maximum atomic E-state index is 15.4. The number of aliphatic hydroxyl groups is 3. The van der Waals surface area contributed by atoms with Crippen molar-refractivity contribution in [3.63, 3.8) is 0 Å². The SMILES string of the molecule is C=C(C)c1cccc2c(CCCc3ccc(Nc4ccnc5c4CCC5O)c(OC)c3F)c[nH]c12.COc1c(Nc2ccnc3c2CCC3O)ccc(CCCc2c[nH]c3c(C(C)(C)O)cccc23)c1F. The van der Waals surface area contributed by atoms with Crippen LogP contribution in [0.3, 0.4) is 0 Å². The minimum Gasteiger partial charge on any atom is -0.492 e. The number of aromatic nitrogens is 4. The Morgan fingerprint density at radius 1 is 0.662 bits per heavy atom. The van der Waals surface area contributed by atoms with Crippen LogP contribution in [0.15, 0.2) is 104 Å². The molecule has 8 aromatic rings. The van der Waals surface area contributed by atoms with Crippen molar-refractivity contribution in [2.45, 2.75) is 103 Å². The molecule has 71 heavy (non-hydrogen) atoms. The summed E-state index contributed by atoms with van der Waals surface area (Å²) < 4.78 is 41.7. The van der Waals surface area contributed by atoms with Gasteiger partial charge in [-0.1, -0.05) is 55.1 Å². The summed E-state index contributed by atoms with van der Waals surface area (Å²) in [7, 11) is 2.96. The van der Waals surface area contributed by atoms with Crippen molar-refractivity contribution in [2.24, 2.45) is 0 Å². The molecule has 0 spiro atoms. The number of fused-ring (bicyclic) bond motifs is 4. The van der Waals surface area contributed by atoms with Gasteiger partial charge in [-0.3, -0.25) is 9.97 Å². The lowest BCUT2D eigenvalue weighted by Crippen LogP contribution is -2.15. The van der Waals surface area contributed by atoms with Crippen molar-refractivity contribution in [1.82, 2.24) is 19.9 Å². The molecule has 0 amide bonds. The quantitative estimate of drug-likeness (QED) is 0.0500. The number of methoxy groups -OCH3 is 2. The second kappa shape index (κ2) is 20.7. The number of aromatic amines is 2. The Hall–Kier alpha value is -7.06. The van der Waals surface area contributed by atoms with Gasteiger partial charge in [-0.15, -0.1) is 0 Å². The second-order valence-electron chi connectivity index (χ2n) is 19.2. The smallest absolute Gasteiger partial charge is 0.178 e. The molecule has 0 aliphatic heterocycles. The van der Waals surface area contributed by atoms with E-state index in [4.69, 9.17) is 9.47 Å². The number of nitrogens with one attached hydrogen (secondary N) is 4. The third-order valence-electron chi connectivity index (χ3n) is 14.0. The van der Waals surface area contributed by atoms with E-state index in [2.05, 4.69) is 61.4 Å². The first kappa shape index (κ1) is 48.9. The molecule has 2 unspecified atom stereocenters. The minimum absolute atomic E-state index is 0.179. The highest BCUT2D eigenvalue weighted by atomic mass is 19.1. The first-order chi connectivity index (χ1) is 34.2. The summed E-state index contributed by atoms with van der Waals surface area (Å²) in [5.74, 6) is -0.327. The molecule has 11 nitrogen and oxygen atoms in total. The van der Waals surface area contributed by atoms with Crippen molar-refractivity contribution < 1.29 is 33.6 Å². The zero-order valence-corrected chi connectivity index (χ0v) is 41.0. The molecular weight excluding hydrogens is 899 g/mol. The van der Waals surface area contributed by atoms with Gasteiger partial charge >= 0.3 is 0 Å². The molecule has 2 atom stereocenters. The van der Waals surface area contributed by atoms with Gasteiger partial charge in [0.15, 0.2) is 23.1 Å². The number of aliphatic hydroxyl groups excluding tert-OH is 2. The fourth-order valence-electron chi connectivity index (χ4n) is 10.3. The monoisotopic (exact) mass is 960 g/mol. The van der Waals surface area contributed by atoms with Crippen LogP contribution >= 0.6 is 0 Å². The van der Waals surface area contributed by atoms with Crippen molar-refractivity contribution >= 4 is 50.1 Å². The summed E-state index contributed by atoms with van der Waals surface area (Å²) in [6, 6.07) is 23.2. The lowest BCUT2D eigenvalue weighted by molar-refractivity contribution is 0.0800. The third-order valence-corrected chi connectivity index (χ3v) is 14.0. The van der Waals surface area contributed by atoms with Crippen LogP contribution in [0, 0.1) is 11.6 Å². The number of allylic oxidation sites excluding steroid dienone is 1. The van der Waals surface area contributed by atoms with E-state index in [1.54, 1.807) is 32.3 Å². The molecule has 0 bridgehead atoms. The van der Waals surface area contributed by atoms with E-state index < -0.39 is 17.8 Å². The Balaban J connectivity index is 0.000000176. The standard InChI is InChI=1S/C29H32FN3O3.C29H30FN3O2/c1-29(2,35)21-9-5-8-19-18(16-32-26(19)21)7-4-6-17-10-12-23(28(36-3)25(17)30)33-22-14-15-31-27-20(22)11-13-24(27)34;1-17(2)20-8-5-9-21-19(16-32-27(20)21)7-4-6-18-10-12-24(29(35-3)26(18)30)33-23-14-15-31-28-22(23)11-13-25(28)34/h5,8-10,12,14-16,24,32,34-35H,4,6-7,11,13H2,1-3H3,(H,31,33);5,8-10,12,14-16,25,32,34H,1,4,6-7,11,13H2,2-3H3,(H,31,33). The largest absolute Gasteiger partial charge is 0.492 e. The molecule has 4 aromatic carbocycles. The van der Waals surface area contributed by atoms with Gasteiger partial charge in [0.2, 0.25) is 0 Å². The molecule has 2 aliphatic rings. The molecule has 13 heteroatoms. The van der Waals surface area contributed by atoms with Gasteiger partial charge in [0, 0.05) is 58.1 Å². The predicted octanol–water partition coefficient (Wildman–Crippen LogP) is 12.5. The normalized spacial score (nSPS) is 15.1. The number of para-hydroxylation sites is 2. The highest BCUT2D eigenvalue weighted by molar-refractivity contribution is 5.93. The van der Waals surface area contributed by atoms with Crippen molar-refractivity contribution in [1.29, 1.82) is 0 Å². The predicted molar refractivity (Wildman–Crippen MR) is 278 cm³/mol. The van der Waals surface area contributed by atoms with E-state index in [0.29, 0.717) is 59.6 Å². The van der Waals surface area contributed by atoms with Gasteiger partial charge in [0.05, 0.1) is 65.8 Å². The Bertz CT molecular complexity index is 3250. The number of rotatable bonds is 16. The van der Waals surface area contributed by atoms with Gasteiger partial charge in [-0.25, -0.2) is 8.78 Å².